The van der Waals surface area contributed by atoms with Gasteiger partial charge >= 0.3 is 6.18 Å². The Labute approximate surface area is 169 Å². The molecule has 154 valence electrons. The number of aromatic nitrogens is 1. The third kappa shape index (κ3) is 4.68. The molecule has 9 heteroatoms. The molecule has 0 saturated heterocycles. The van der Waals surface area contributed by atoms with Crippen molar-refractivity contribution in [2.24, 2.45) is 0 Å². The van der Waals surface area contributed by atoms with Gasteiger partial charge in [-0.15, -0.1) is 11.3 Å². The normalized spacial score (nSPS) is 13.8. The van der Waals surface area contributed by atoms with Gasteiger partial charge in [-0.3, -0.25) is 4.79 Å². The fraction of sp³-hybridized carbons (Fsp3) is 0.300. The number of ether oxygens (including phenoxy) is 1. The van der Waals surface area contributed by atoms with Gasteiger partial charge in [0.05, 0.1) is 23.7 Å². The third-order valence-electron chi connectivity index (χ3n) is 4.40. The molecule has 1 amide bonds. The molecule has 1 aromatic heterocycles. The van der Waals surface area contributed by atoms with E-state index in [-0.39, 0.29) is 6.54 Å². The number of alkyl halides is 3. The first-order valence-electron chi connectivity index (χ1n) is 8.78. The lowest BCUT2D eigenvalue weighted by molar-refractivity contribution is -0.267. The van der Waals surface area contributed by atoms with Gasteiger partial charge in [0.2, 0.25) is 11.5 Å². The number of hydrogen-bond donors (Lipinski definition) is 2. The molecule has 3 aromatic rings. The van der Waals surface area contributed by atoms with E-state index in [9.17, 15) is 23.1 Å². The van der Waals surface area contributed by atoms with E-state index in [4.69, 9.17) is 4.74 Å². The lowest BCUT2D eigenvalue weighted by atomic mass is 9.99. The Morgan fingerprint density at radius 1 is 1.21 bits per heavy atom. The van der Waals surface area contributed by atoms with E-state index in [0.29, 0.717) is 22.4 Å². The average molecular weight is 424 g/mol. The number of hydrogen-bond acceptors (Lipinski definition) is 5. The molecule has 3 rings (SSSR count). The molecule has 0 aliphatic heterocycles. The lowest BCUT2D eigenvalue weighted by Gasteiger charge is -2.27. The van der Waals surface area contributed by atoms with Crippen LogP contribution in [0.3, 0.4) is 0 Å². The minimum absolute atomic E-state index is 0.125. The van der Waals surface area contributed by atoms with Gasteiger partial charge < -0.3 is 15.2 Å². The molecule has 0 aliphatic carbocycles. The number of rotatable bonds is 7. The van der Waals surface area contributed by atoms with Crippen molar-refractivity contribution >= 4 is 27.5 Å². The Kier molecular flexibility index (Phi) is 6.09. The number of fused-ring (bicyclic) bond motifs is 1. The van der Waals surface area contributed by atoms with Crippen molar-refractivity contribution in [3.8, 4) is 5.75 Å². The van der Waals surface area contributed by atoms with E-state index < -0.39 is 29.1 Å². The standard InChI is InChI=1S/C20H19F3N2O3S/c1-28-14-6-4-5-13(11-14)9-10-24-17(26)12-19(27,20(21,22)23)18-25-15-7-2-3-8-16(15)29-18/h2-8,11,27H,9-10,12H2,1H3,(H,24,26). The second-order valence-electron chi connectivity index (χ2n) is 6.47. The monoisotopic (exact) mass is 424 g/mol. The summed E-state index contributed by atoms with van der Waals surface area (Å²) in [6.07, 6.45) is -5.80. The molecule has 5 nitrogen and oxygen atoms in total. The summed E-state index contributed by atoms with van der Waals surface area (Å²) in [5.41, 5.74) is -2.15. The largest absolute Gasteiger partial charge is 0.497 e. The fourth-order valence-corrected chi connectivity index (χ4v) is 3.89. The Bertz CT molecular complexity index is 973. The van der Waals surface area contributed by atoms with Crippen LogP contribution in [0.1, 0.15) is 17.0 Å². The highest BCUT2D eigenvalue weighted by Crippen LogP contribution is 2.44. The highest BCUT2D eigenvalue weighted by Gasteiger charge is 2.58. The van der Waals surface area contributed by atoms with Gasteiger partial charge in [-0.2, -0.15) is 13.2 Å². The molecule has 2 aromatic carbocycles. The molecule has 0 saturated carbocycles. The van der Waals surface area contributed by atoms with Crippen molar-refractivity contribution in [1.29, 1.82) is 0 Å². The Hall–Kier alpha value is -2.65. The molecule has 1 heterocycles. The van der Waals surface area contributed by atoms with Gasteiger partial charge in [0.1, 0.15) is 10.8 Å². The van der Waals surface area contributed by atoms with Crippen LogP contribution in [-0.4, -0.2) is 35.8 Å². The Morgan fingerprint density at radius 2 is 1.97 bits per heavy atom. The van der Waals surface area contributed by atoms with E-state index >= 15 is 0 Å². The summed E-state index contributed by atoms with van der Waals surface area (Å²) in [4.78, 5) is 16.1. The van der Waals surface area contributed by atoms with Gasteiger partial charge in [-0.25, -0.2) is 4.98 Å². The van der Waals surface area contributed by atoms with E-state index in [1.807, 2.05) is 6.07 Å². The van der Waals surface area contributed by atoms with Gasteiger partial charge in [-0.1, -0.05) is 24.3 Å². The zero-order chi connectivity index (χ0) is 21.1. The number of benzene rings is 2. The van der Waals surface area contributed by atoms with Crippen molar-refractivity contribution in [3.63, 3.8) is 0 Å². The summed E-state index contributed by atoms with van der Waals surface area (Å²) < 4.78 is 46.6. The van der Waals surface area contributed by atoms with Crippen LogP contribution in [0.2, 0.25) is 0 Å². The molecule has 1 atom stereocenters. The molecule has 0 fully saturated rings. The second kappa shape index (κ2) is 8.38. The first kappa shape index (κ1) is 21.1. The van der Waals surface area contributed by atoms with Crippen LogP contribution in [0.25, 0.3) is 10.2 Å². The first-order chi connectivity index (χ1) is 13.7. The molecule has 1 unspecified atom stereocenters. The summed E-state index contributed by atoms with van der Waals surface area (Å²) in [5, 5.41) is 12.3. The maximum absolute atomic E-state index is 13.7. The number of carbonyl (C=O) groups is 1. The number of para-hydroxylation sites is 1. The van der Waals surface area contributed by atoms with Crippen LogP contribution in [-0.2, 0) is 16.8 Å². The van der Waals surface area contributed by atoms with Crippen molar-refractivity contribution in [2.75, 3.05) is 13.7 Å². The van der Waals surface area contributed by atoms with Crippen LogP contribution >= 0.6 is 11.3 Å². The molecular formula is C20H19F3N2O3S. The molecular weight excluding hydrogens is 405 g/mol. The molecule has 0 aliphatic rings. The molecule has 29 heavy (non-hydrogen) atoms. The quantitative estimate of drug-likeness (QED) is 0.605. The fourth-order valence-electron chi connectivity index (χ4n) is 2.82. The molecule has 2 N–H and O–H groups in total. The highest BCUT2D eigenvalue weighted by molar-refractivity contribution is 7.18. The van der Waals surface area contributed by atoms with Crippen LogP contribution in [0.15, 0.2) is 48.5 Å². The maximum atomic E-state index is 13.7. The number of nitrogens with one attached hydrogen (secondary N) is 1. The number of halogens is 3. The van der Waals surface area contributed by atoms with E-state index in [0.717, 1.165) is 16.9 Å². The van der Waals surface area contributed by atoms with Crippen molar-refractivity contribution < 1.29 is 27.8 Å². The number of amides is 1. The van der Waals surface area contributed by atoms with Gasteiger partial charge in [0, 0.05) is 6.54 Å². The summed E-state index contributed by atoms with van der Waals surface area (Å²) in [7, 11) is 1.53. The smallest absolute Gasteiger partial charge is 0.424 e. The topological polar surface area (TPSA) is 71.5 Å². The number of methoxy groups -OCH3 is 1. The first-order valence-corrected chi connectivity index (χ1v) is 9.59. The SMILES string of the molecule is COc1cccc(CCNC(=O)CC(O)(c2nc3ccccc3s2)C(F)(F)F)c1. The maximum Gasteiger partial charge on any atom is 0.424 e. The summed E-state index contributed by atoms with van der Waals surface area (Å²) in [6, 6.07) is 13.6. The second-order valence-corrected chi connectivity index (χ2v) is 7.50. The lowest BCUT2D eigenvalue weighted by Crippen LogP contribution is -2.46. The minimum atomic E-state index is -5.05. The Morgan fingerprint density at radius 3 is 2.66 bits per heavy atom. The van der Waals surface area contributed by atoms with Crippen LogP contribution in [0, 0.1) is 0 Å². The zero-order valence-electron chi connectivity index (χ0n) is 15.5. The number of aliphatic hydroxyl groups is 1. The van der Waals surface area contributed by atoms with Crippen LogP contribution in [0.5, 0.6) is 5.75 Å². The highest BCUT2D eigenvalue weighted by atomic mass is 32.1. The van der Waals surface area contributed by atoms with Crippen LogP contribution in [0.4, 0.5) is 13.2 Å². The molecule has 0 bridgehead atoms. The van der Waals surface area contributed by atoms with Gasteiger partial charge in [0.25, 0.3) is 0 Å². The van der Waals surface area contributed by atoms with Crippen molar-refractivity contribution in [2.45, 2.75) is 24.6 Å². The predicted molar refractivity (Wildman–Crippen MR) is 104 cm³/mol. The van der Waals surface area contributed by atoms with E-state index in [2.05, 4.69) is 10.3 Å². The summed E-state index contributed by atoms with van der Waals surface area (Å²) in [6.45, 7) is 0.125. The van der Waals surface area contributed by atoms with Gasteiger partial charge in [-0.05, 0) is 36.2 Å². The van der Waals surface area contributed by atoms with E-state index in [1.54, 1.807) is 42.5 Å². The van der Waals surface area contributed by atoms with Crippen LogP contribution < -0.4 is 10.1 Å². The van der Waals surface area contributed by atoms with Crippen molar-refractivity contribution in [3.05, 3.63) is 59.1 Å². The number of nitrogens with zero attached hydrogens (tertiary/aromatic N) is 1. The zero-order valence-corrected chi connectivity index (χ0v) is 16.3. The van der Waals surface area contributed by atoms with E-state index in [1.165, 1.54) is 7.11 Å². The number of carbonyl (C=O) groups excluding carboxylic acids is 1. The van der Waals surface area contributed by atoms with Gasteiger partial charge in [0.15, 0.2) is 0 Å². The Balaban J connectivity index is 1.70. The number of thiazole rings is 1. The predicted octanol–water partition coefficient (Wildman–Crippen LogP) is 3.80. The van der Waals surface area contributed by atoms with Crippen molar-refractivity contribution in [1.82, 2.24) is 10.3 Å². The minimum Gasteiger partial charge on any atom is -0.497 e. The summed E-state index contributed by atoms with van der Waals surface area (Å²) in [5.74, 6) is -0.261. The molecule has 0 spiro atoms. The third-order valence-corrected chi connectivity index (χ3v) is 5.59. The summed E-state index contributed by atoms with van der Waals surface area (Å²) >= 11 is 0.723. The molecule has 0 radical (unpaired) electrons. The average Bonchev–Trinajstić information content (AvgIpc) is 3.12.